The monoisotopic (exact) mass is 547 g/mol. The van der Waals surface area contributed by atoms with Gasteiger partial charge in [0.25, 0.3) is 5.91 Å². The van der Waals surface area contributed by atoms with Crippen LogP contribution in [0.5, 0.6) is 5.75 Å². The molecule has 4 rings (SSSR count). The smallest absolute Gasteiger partial charge is 0.255 e. The number of hydrogen-bond acceptors (Lipinski definition) is 6. The molecule has 40 heavy (non-hydrogen) atoms. The molecule has 2 aliphatic rings. The first kappa shape index (κ1) is 28.8. The van der Waals surface area contributed by atoms with Crippen LogP contribution in [0.15, 0.2) is 66.7 Å². The van der Waals surface area contributed by atoms with Gasteiger partial charge in [0.2, 0.25) is 17.7 Å². The SMILES string of the molecule is O=C1/C=C/CC2(CCN(CC(=O)NCc3ccccc3)CC2)C(=O)NCCNC(=O)c2ccccc2OCCN1. The van der Waals surface area contributed by atoms with Gasteiger partial charge in [0.15, 0.2) is 0 Å². The van der Waals surface area contributed by atoms with E-state index in [1.165, 1.54) is 6.08 Å². The van der Waals surface area contributed by atoms with Crippen LogP contribution in [-0.2, 0) is 20.9 Å². The minimum absolute atomic E-state index is 0.0592. The maximum atomic E-state index is 13.4. The molecule has 1 saturated heterocycles. The molecule has 2 aromatic carbocycles. The van der Waals surface area contributed by atoms with Crippen LogP contribution < -0.4 is 26.0 Å². The molecule has 4 amide bonds. The van der Waals surface area contributed by atoms with Gasteiger partial charge in [0, 0.05) is 19.6 Å². The first-order valence-electron chi connectivity index (χ1n) is 13.7. The molecule has 212 valence electrons. The molecule has 0 unspecified atom stereocenters. The Morgan fingerprint density at radius 2 is 1.62 bits per heavy atom. The number of nitrogens with one attached hydrogen (secondary N) is 4. The third-order valence-corrected chi connectivity index (χ3v) is 7.26. The highest BCUT2D eigenvalue weighted by molar-refractivity contribution is 5.97. The van der Waals surface area contributed by atoms with Crippen molar-refractivity contribution in [1.82, 2.24) is 26.2 Å². The maximum absolute atomic E-state index is 13.4. The fourth-order valence-electron chi connectivity index (χ4n) is 4.92. The molecule has 0 radical (unpaired) electrons. The summed E-state index contributed by atoms with van der Waals surface area (Å²) in [5.41, 5.74) is 0.720. The third kappa shape index (κ3) is 8.16. The molecule has 0 aromatic heterocycles. The van der Waals surface area contributed by atoms with Crippen molar-refractivity contribution >= 4 is 23.6 Å². The normalized spacial score (nSPS) is 19.6. The van der Waals surface area contributed by atoms with Crippen molar-refractivity contribution in [2.75, 3.05) is 45.9 Å². The number of carbonyl (C=O) groups excluding carboxylic acids is 4. The fraction of sp³-hybridized carbons (Fsp3) is 0.400. The summed E-state index contributed by atoms with van der Waals surface area (Å²) >= 11 is 0. The molecule has 2 heterocycles. The number of carbonyl (C=O) groups is 4. The second-order valence-electron chi connectivity index (χ2n) is 10.1. The van der Waals surface area contributed by atoms with Crippen LogP contribution in [0, 0.1) is 5.41 Å². The van der Waals surface area contributed by atoms with E-state index in [2.05, 4.69) is 26.2 Å². The summed E-state index contributed by atoms with van der Waals surface area (Å²) < 4.78 is 5.71. The molecule has 10 heteroatoms. The fourth-order valence-corrected chi connectivity index (χ4v) is 4.92. The number of amides is 4. The van der Waals surface area contributed by atoms with Gasteiger partial charge in [0.1, 0.15) is 12.4 Å². The van der Waals surface area contributed by atoms with Gasteiger partial charge in [-0.3, -0.25) is 24.1 Å². The van der Waals surface area contributed by atoms with Crippen molar-refractivity contribution in [2.24, 2.45) is 5.41 Å². The molecule has 10 nitrogen and oxygen atoms in total. The lowest BCUT2D eigenvalue weighted by molar-refractivity contribution is -0.134. The lowest BCUT2D eigenvalue weighted by Gasteiger charge is -2.40. The zero-order chi connectivity index (χ0) is 28.2. The van der Waals surface area contributed by atoms with Crippen LogP contribution in [0.2, 0.25) is 0 Å². The van der Waals surface area contributed by atoms with E-state index in [-0.39, 0.29) is 56.4 Å². The summed E-state index contributed by atoms with van der Waals surface area (Å²) in [7, 11) is 0. The topological polar surface area (TPSA) is 129 Å². The number of nitrogens with zero attached hydrogens (tertiary/aromatic N) is 1. The van der Waals surface area contributed by atoms with Crippen LogP contribution in [0.1, 0.15) is 35.2 Å². The second-order valence-corrected chi connectivity index (χ2v) is 10.1. The highest BCUT2D eigenvalue weighted by atomic mass is 16.5. The lowest BCUT2D eigenvalue weighted by atomic mass is 9.74. The highest BCUT2D eigenvalue weighted by Gasteiger charge is 2.40. The van der Waals surface area contributed by atoms with E-state index < -0.39 is 5.41 Å². The predicted molar refractivity (Wildman–Crippen MR) is 150 cm³/mol. The Hall–Kier alpha value is -4.18. The van der Waals surface area contributed by atoms with Crippen molar-refractivity contribution in [3.05, 3.63) is 77.9 Å². The molecule has 2 aliphatic heterocycles. The number of benzene rings is 2. The van der Waals surface area contributed by atoms with Gasteiger partial charge in [-0.2, -0.15) is 0 Å². The molecule has 4 N–H and O–H groups in total. The van der Waals surface area contributed by atoms with Gasteiger partial charge in [-0.1, -0.05) is 48.5 Å². The standard InChI is InChI=1S/C30H37N5O5/c36-26-11-6-12-30(13-18-35(19-14-30)22-27(37)34-21-23-7-2-1-3-8-23)29(39)33-16-15-32-28(38)24-9-4-5-10-25(24)40-20-17-31-26/h1-11H,12-22H2,(H,31,36)(H,32,38)(H,33,39)(H,34,37)/b11-6+. The minimum atomic E-state index is -0.707. The lowest BCUT2D eigenvalue weighted by Crippen LogP contribution is -2.51. The summed E-state index contributed by atoms with van der Waals surface area (Å²) in [6, 6.07) is 16.6. The number of hydrogen-bond donors (Lipinski definition) is 4. The molecule has 1 spiro atoms. The van der Waals surface area contributed by atoms with Gasteiger partial charge >= 0.3 is 0 Å². The quantitative estimate of drug-likeness (QED) is 0.458. The van der Waals surface area contributed by atoms with Gasteiger partial charge in [0.05, 0.1) is 24.1 Å². The van der Waals surface area contributed by atoms with Crippen molar-refractivity contribution in [2.45, 2.75) is 25.8 Å². The molecule has 0 bridgehead atoms. The van der Waals surface area contributed by atoms with Crippen LogP contribution in [0.4, 0.5) is 0 Å². The average Bonchev–Trinajstić information content (AvgIpc) is 2.97. The van der Waals surface area contributed by atoms with Crippen LogP contribution in [-0.4, -0.2) is 74.4 Å². The Morgan fingerprint density at radius 3 is 2.42 bits per heavy atom. The predicted octanol–water partition coefficient (Wildman–Crippen LogP) is 1.39. The highest BCUT2D eigenvalue weighted by Crippen LogP contribution is 2.36. The zero-order valence-electron chi connectivity index (χ0n) is 22.6. The molecule has 0 atom stereocenters. The van der Waals surface area contributed by atoms with E-state index in [4.69, 9.17) is 4.74 Å². The van der Waals surface area contributed by atoms with Crippen molar-refractivity contribution in [1.29, 1.82) is 0 Å². The number of para-hydroxylation sites is 1. The largest absolute Gasteiger partial charge is 0.491 e. The van der Waals surface area contributed by atoms with E-state index in [0.29, 0.717) is 50.2 Å². The summed E-state index contributed by atoms with van der Waals surface area (Å²) in [5, 5.41) is 11.5. The van der Waals surface area contributed by atoms with Gasteiger partial charge < -0.3 is 26.0 Å². The Kier molecular flexibility index (Phi) is 10.3. The molecular weight excluding hydrogens is 510 g/mol. The number of fused-ring (bicyclic) bond motifs is 1. The second kappa shape index (κ2) is 14.3. The van der Waals surface area contributed by atoms with E-state index >= 15 is 0 Å². The Bertz CT molecular complexity index is 1210. The molecular formula is C30H37N5O5. The minimum Gasteiger partial charge on any atom is -0.491 e. The molecule has 1 fully saturated rings. The average molecular weight is 548 g/mol. The zero-order valence-corrected chi connectivity index (χ0v) is 22.6. The number of likely N-dealkylation sites (tertiary alicyclic amines) is 1. The Labute approximate surface area is 234 Å². The summed E-state index contributed by atoms with van der Waals surface area (Å²) in [5.74, 6) is -0.322. The summed E-state index contributed by atoms with van der Waals surface area (Å²) in [4.78, 5) is 53.0. The van der Waals surface area contributed by atoms with E-state index in [1.54, 1.807) is 30.3 Å². The molecule has 0 saturated carbocycles. The van der Waals surface area contributed by atoms with Crippen LogP contribution in [0.3, 0.4) is 0 Å². The van der Waals surface area contributed by atoms with Crippen LogP contribution in [0.25, 0.3) is 0 Å². The van der Waals surface area contributed by atoms with Crippen molar-refractivity contribution in [3.63, 3.8) is 0 Å². The van der Waals surface area contributed by atoms with Gasteiger partial charge in [-0.15, -0.1) is 0 Å². The first-order valence-corrected chi connectivity index (χ1v) is 13.7. The van der Waals surface area contributed by atoms with E-state index in [0.717, 1.165) is 5.56 Å². The van der Waals surface area contributed by atoms with Crippen molar-refractivity contribution in [3.8, 4) is 5.75 Å². The maximum Gasteiger partial charge on any atom is 0.255 e. The van der Waals surface area contributed by atoms with E-state index in [1.807, 2.05) is 30.3 Å². The summed E-state index contributed by atoms with van der Waals surface area (Å²) in [6.45, 7) is 2.91. The number of piperidine rings is 1. The van der Waals surface area contributed by atoms with E-state index in [9.17, 15) is 19.2 Å². The third-order valence-electron chi connectivity index (χ3n) is 7.26. The van der Waals surface area contributed by atoms with Crippen molar-refractivity contribution < 1.29 is 23.9 Å². The molecule has 2 aromatic rings. The summed E-state index contributed by atoms with van der Waals surface area (Å²) in [6.07, 6.45) is 4.69. The Morgan fingerprint density at radius 1 is 0.900 bits per heavy atom. The number of allylic oxidation sites excluding steroid dienone is 1. The Balaban J connectivity index is 1.35. The number of ether oxygens (including phenoxy) is 1. The molecule has 0 aliphatic carbocycles. The van der Waals surface area contributed by atoms with Gasteiger partial charge in [-0.05, 0) is 56.1 Å². The van der Waals surface area contributed by atoms with Crippen LogP contribution >= 0.6 is 0 Å². The first-order chi connectivity index (χ1) is 19.4. The van der Waals surface area contributed by atoms with Gasteiger partial charge in [-0.25, -0.2) is 0 Å². The number of rotatable bonds is 4.